The zero-order valence-electron chi connectivity index (χ0n) is 17.3. The molecule has 9 nitrogen and oxygen atoms in total. The van der Waals surface area contributed by atoms with Crippen molar-refractivity contribution in [1.29, 1.82) is 0 Å². The molecular formula is C20H21F3N6O3S. The predicted molar refractivity (Wildman–Crippen MR) is 114 cm³/mol. The Morgan fingerprint density at radius 1 is 1.18 bits per heavy atom. The highest BCUT2D eigenvalue weighted by molar-refractivity contribution is 7.09. The minimum Gasteiger partial charge on any atom is -0.475 e. The quantitative estimate of drug-likeness (QED) is 0.555. The Kier molecular flexibility index (Phi) is 7.98. The molecule has 1 unspecified atom stereocenters. The maximum Gasteiger partial charge on any atom is 0.490 e. The number of rotatable bonds is 6. The minimum absolute atomic E-state index is 0.0284. The van der Waals surface area contributed by atoms with Gasteiger partial charge in [0.25, 0.3) is 0 Å². The van der Waals surface area contributed by atoms with Gasteiger partial charge in [-0.05, 0) is 30.0 Å². The van der Waals surface area contributed by atoms with Gasteiger partial charge >= 0.3 is 12.1 Å². The Morgan fingerprint density at radius 2 is 1.91 bits per heavy atom. The number of aromatic nitrogens is 4. The van der Waals surface area contributed by atoms with Crippen molar-refractivity contribution in [2.45, 2.75) is 31.6 Å². The molecule has 4 rings (SSSR count). The second kappa shape index (κ2) is 10.9. The van der Waals surface area contributed by atoms with Crippen LogP contribution in [0.15, 0.2) is 48.2 Å². The van der Waals surface area contributed by atoms with E-state index in [0.717, 1.165) is 12.1 Å². The lowest BCUT2D eigenvalue weighted by Gasteiger charge is -2.33. The lowest BCUT2D eigenvalue weighted by molar-refractivity contribution is -0.192. The lowest BCUT2D eigenvalue weighted by atomic mass is 10.1. The van der Waals surface area contributed by atoms with Crippen LogP contribution >= 0.6 is 11.3 Å². The van der Waals surface area contributed by atoms with E-state index in [1.807, 2.05) is 16.8 Å². The van der Waals surface area contributed by atoms with Crippen LogP contribution in [0.4, 0.5) is 19.1 Å². The molecule has 0 radical (unpaired) electrons. The number of amides is 1. The molecule has 4 heterocycles. The Balaban J connectivity index is 0.000000383. The molecule has 3 aromatic heterocycles. The predicted octanol–water partition coefficient (Wildman–Crippen LogP) is 2.68. The van der Waals surface area contributed by atoms with Gasteiger partial charge in [-0.3, -0.25) is 9.48 Å². The number of carbonyl (C=O) groups is 2. The van der Waals surface area contributed by atoms with Crippen molar-refractivity contribution in [3.8, 4) is 0 Å². The molecule has 13 heteroatoms. The molecule has 2 N–H and O–H groups in total. The molecule has 3 aromatic rings. The van der Waals surface area contributed by atoms with Gasteiger partial charge in [0, 0.05) is 36.6 Å². The second-order valence-electron chi connectivity index (χ2n) is 7.04. The zero-order valence-corrected chi connectivity index (χ0v) is 18.1. The topological polar surface area (TPSA) is 113 Å². The highest BCUT2D eigenvalue weighted by atomic mass is 32.1. The Hall–Kier alpha value is -3.48. The molecule has 176 valence electrons. The van der Waals surface area contributed by atoms with Gasteiger partial charge in [0.15, 0.2) is 0 Å². The van der Waals surface area contributed by atoms with Crippen molar-refractivity contribution < 1.29 is 27.9 Å². The lowest BCUT2D eigenvalue weighted by Crippen LogP contribution is -2.41. The van der Waals surface area contributed by atoms with E-state index in [4.69, 9.17) is 9.90 Å². The average molecular weight is 482 g/mol. The van der Waals surface area contributed by atoms with E-state index in [9.17, 15) is 18.0 Å². The Labute approximate surface area is 190 Å². The Morgan fingerprint density at radius 3 is 2.55 bits per heavy atom. The molecule has 0 saturated heterocycles. The number of hydrogen-bond acceptors (Lipinski definition) is 7. The highest BCUT2D eigenvalue weighted by Crippen LogP contribution is 2.25. The van der Waals surface area contributed by atoms with Crippen LogP contribution in [-0.2, 0) is 22.6 Å². The molecule has 0 aliphatic carbocycles. The summed E-state index contributed by atoms with van der Waals surface area (Å²) in [7, 11) is 0. The van der Waals surface area contributed by atoms with Crippen LogP contribution < -0.4 is 10.2 Å². The van der Waals surface area contributed by atoms with Crippen LogP contribution in [0.2, 0.25) is 0 Å². The first kappa shape index (κ1) is 24.2. The molecule has 1 amide bonds. The summed E-state index contributed by atoms with van der Waals surface area (Å²) >= 11 is 1.71. The molecular weight excluding hydrogens is 461 g/mol. The van der Waals surface area contributed by atoms with Crippen molar-refractivity contribution in [2.75, 3.05) is 18.0 Å². The van der Waals surface area contributed by atoms with Crippen molar-refractivity contribution in [2.24, 2.45) is 0 Å². The van der Waals surface area contributed by atoms with Crippen LogP contribution in [0.3, 0.4) is 0 Å². The number of carboxylic acid groups (broad SMARTS) is 1. The third-order valence-electron chi connectivity index (χ3n) is 4.65. The molecule has 0 aromatic carbocycles. The van der Waals surface area contributed by atoms with Crippen LogP contribution in [-0.4, -0.2) is 56.0 Å². The number of carboxylic acids is 1. The van der Waals surface area contributed by atoms with Crippen molar-refractivity contribution in [1.82, 2.24) is 25.1 Å². The number of carbonyl (C=O) groups excluding carboxylic acids is 1. The van der Waals surface area contributed by atoms with Crippen LogP contribution in [0.25, 0.3) is 0 Å². The van der Waals surface area contributed by atoms with Gasteiger partial charge in [-0.15, -0.1) is 11.3 Å². The van der Waals surface area contributed by atoms with E-state index in [0.29, 0.717) is 32.0 Å². The first-order valence-electron chi connectivity index (χ1n) is 9.87. The summed E-state index contributed by atoms with van der Waals surface area (Å²) in [5, 5.41) is 16.6. The van der Waals surface area contributed by atoms with Gasteiger partial charge in [0.2, 0.25) is 11.9 Å². The van der Waals surface area contributed by atoms with E-state index in [-0.39, 0.29) is 11.9 Å². The van der Waals surface area contributed by atoms with Gasteiger partial charge in [-0.25, -0.2) is 14.8 Å². The molecule has 1 atom stereocenters. The van der Waals surface area contributed by atoms with Crippen molar-refractivity contribution >= 4 is 29.2 Å². The summed E-state index contributed by atoms with van der Waals surface area (Å²) in [6.07, 6.45) is 1.43. The minimum atomic E-state index is -5.08. The third-order valence-corrected chi connectivity index (χ3v) is 5.59. The second-order valence-corrected chi connectivity index (χ2v) is 8.07. The first-order chi connectivity index (χ1) is 15.7. The molecule has 33 heavy (non-hydrogen) atoms. The zero-order chi connectivity index (χ0) is 23.8. The van der Waals surface area contributed by atoms with E-state index >= 15 is 0 Å². The number of thiophene rings is 1. The summed E-state index contributed by atoms with van der Waals surface area (Å²) < 4.78 is 33.7. The summed E-state index contributed by atoms with van der Waals surface area (Å²) in [5.41, 5.74) is 1.07. The van der Waals surface area contributed by atoms with Gasteiger partial charge < -0.3 is 15.3 Å². The van der Waals surface area contributed by atoms with E-state index in [1.165, 1.54) is 4.88 Å². The summed E-state index contributed by atoms with van der Waals surface area (Å²) in [4.78, 5) is 33.4. The molecule has 0 spiro atoms. The monoisotopic (exact) mass is 482 g/mol. The van der Waals surface area contributed by atoms with E-state index < -0.39 is 12.1 Å². The maximum atomic E-state index is 12.4. The third kappa shape index (κ3) is 7.00. The highest BCUT2D eigenvalue weighted by Gasteiger charge is 2.38. The maximum absolute atomic E-state index is 12.4. The SMILES string of the molecule is O=C(CC1CN(c2ncccn2)Cc2ccnn21)NCCc1cccs1.O=C(O)C(F)(F)F. The number of nitrogens with one attached hydrogen (secondary N) is 1. The number of aliphatic carboxylic acids is 1. The van der Waals surface area contributed by atoms with Crippen LogP contribution in [0.1, 0.15) is 23.0 Å². The van der Waals surface area contributed by atoms with Crippen molar-refractivity contribution in [3.05, 3.63) is 58.8 Å². The smallest absolute Gasteiger partial charge is 0.475 e. The normalized spacial score (nSPS) is 15.2. The standard InChI is InChI=1S/C18H20N6OS.C2HF3O2/c25-17(19-8-5-16-3-1-10-26-16)11-15-13-23(18-20-6-2-7-21-18)12-14-4-9-22-24(14)15;3-2(4,5)1(6)7/h1-4,6-7,9-10,15H,5,8,11-13H2,(H,19,25);(H,6,7). The number of halogens is 3. The number of fused-ring (bicyclic) bond motifs is 1. The molecule has 0 saturated carbocycles. The number of nitrogens with zero attached hydrogens (tertiary/aromatic N) is 5. The Bertz CT molecular complexity index is 1040. The number of hydrogen-bond donors (Lipinski definition) is 2. The van der Waals surface area contributed by atoms with Crippen LogP contribution in [0.5, 0.6) is 0 Å². The van der Waals surface area contributed by atoms with Gasteiger partial charge in [-0.1, -0.05) is 6.07 Å². The van der Waals surface area contributed by atoms with Crippen molar-refractivity contribution in [3.63, 3.8) is 0 Å². The first-order valence-corrected chi connectivity index (χ1v) is 10.8. The van der Waals surface area contributed by atoms with Gasteiger partial charge in [-0.2, -0.15) is 18.3 Å². The molecule has 0 fully saturated rings. The summed E-state index contributed by atoms with van der Waals surface area (Å²) in [6.45, 7) is 2.01. The largest absolute Gasteiger partial charge is 0.490 e. The fourth-order valence-corrected chi connectivity index (χ4v) is 3.92. The summed E-state index contributed by atoms with van der Waals surface area (Å²) in [5.74, 6) is -2.03. The molecule has 1 aliphatic rings. The average Bonchev–Trinajstić information content (AvgIpc) is 3.46. The number of alkyl halides is 3. The van der Waals surface area contributed by atoms with Crippen LogP contribution in [0, 0.1) is 0 Å². The number of anilines is 1. The summed E-state index contributed by atoms with van der Waals surface area (Å²) in [6, 6.07) is 7.88. The van der Waals surface area contributed by atoms with Gasteiger partial charge in [0.1, 0.15) is 0 Å². The fraction of sp³-hybridized carbons (Fsp3) is 0.350. The van der Waals surface area contributed by atoms with E-state index in [2.05, 4.69) is 36.7 Å². The molecule has 1 aliphatic heterocycles. The molecule has 0 bridgehead atoms. The van der Waals surface area contributed by atoms with Gasteiger partial charge in [0.05, 0.1) is 24.7 Å². The van der Waals surface area contributed by atoms with E-state index in [1.54, 1.807) is 36.0 Å². The fourth-order valence-electron chi connectivity index (χ4n) is 3.21.